The van der Waals surface area contributed by atoms with Crippen molar-refractivity contribution in [3.63, 3.8) is 0 Å². The first-order chi connectivity index (χ1) is 8.24. The number of hydrogen-bond acceptors (Lipinski definition) is 2. The molecule has 0 aliphatic heterocycles. The van der Waals surface area contributed by atoms with Crippen molar-refractivity contribution in [1.29, 1.82) is 0 Å². The van der Waals surface area contributed by atoms with Crippen LogP contribution in [-0.4, -0.2) is 24.9 Å². The maximum absolute atomic E-state index is 11.3. The monoisotopic (exact) mass is 232 g/mol. The second kappa shape index (κ2) is 7.22. The molecular weight excluding hydrogens is 216 g/mol. The highest BCUT2D eigenvalue weighted by Gasteiger charge is 2.10. The van der Waals surface area contributed by atoms with Crippen LogP contribution in [0.2, 0.25) is 0 Å². The molecule has 0 spiro atoms. The molecule has 0 aliphatic rings. The van der Waals surface area contributed by atoms with Crippen LogP contribution in [0.4, 0.5) is 0 Å². The quantitative estimate of drug-likeness (QED) is 0.578. The first kappa shape index (κ1) is 13.0. The second-order valence-corrected chi connectivity index (χ2v) is 3.49. The minimum atomic E-state index is -0.627. The lowest BCUT2D eigenvalue weighted by molar-refractivity contribution is -0.139. The predicted molar refractivity (Wildman–Crippen MR) is 66.4 cm³/mol. The van der Waals surface area contributed by atoms with Gasteiger partial charge in [0.1, 0.15) is 0 Å². The molecule has 0 atom stereocenters. The van der Waals surface area contributed by atoms with Crippen molar-refractivity contribution < 1.29 is 9.59 Å². The minimum Gasteiger partial charge on any atom is -0.348 e. The van der Waals surface area contributed by atoms with Gasteiger partial charge in [0.2, 0.25) is 0 Å². The lowest BCUT2D eigenvalue weighted by Gasteiger charge is -2.05. The van der Waals surface area contributed by atoms with E-state index in [2.05, 4.69) is 17.2 Å². The molecule has 0 aliphatic carbocycles. The molecule has 90 valence electrons. The summed E-state index contributed by atoms with van der Waals surface area (Å²) in [6.07, 6.45) is 2.23. The number of benzene rings is 1. The SMILES string of the molecule is C=CCNC(=O)C(=O)NCCc1ccccc1. The molecule has 1 aromatic rings. The van der Waals surface area contributed by atoms with Crippen LogP contribution < -0.4 is 10.6 Å². The number of rotatable bonds is 5. The van der Waals surface area contributed by atoms with Crippen molar-refractivity contribution in [2.24, 2.45) is 0 Å². The van der Waals surface area contributed by atoms with Gasteiger partial charge in [-0.05, 0) is 12.0 Å². The Kier molecular flexibility index (Phi) is 5.51. The normalized spacial score (nSPS) is 9.41. The number of amides is 2. The van der Waals surface area contributed by atoms with E-state index in [0.717, 1.165) is 5.56 Å². The van der Waals surface area contributed by atoms with Crippen molar-refractivity contribution in [2.45, 2.75) is 6.42 Å². The minimum absolute atomic E-state index is 0.297. The van der Waals surface area contributed by atoms with Gasteiger partial charge in [0.25, 0.3) is 0 Å². The third-order valence-electron chi connectivity index (χ3n) is 2.16. The average molecular weight is 232 g/mol. The summed E-state index contributed by atoms with van der Waals surface area (Å²) in [7, 11) is 0. The standard InChI is InChI=1S/C13H16N2O2/c1-2-9-14-12(16)13(17)15-10-8-11-6-4-3-5-7-11/h2-7H,1,8-10H2,(H,14,16)(H,15,17). The Morgan fingerprint density at radius 2 is 1.76 bits per heavy atom. The first-order valence-corrected chi connectivity index (χ1v) is 5.45. The van der Waals surface area contributed by atoms with Crippen LogP contribution in [0.5, 0.6) is 0 Å². The van der Waals surface area contributed by atoms with Crippen molar-refractivity contribution in [3.8, 4) is 0 Å². The van der Waals surface area contributed by atoms with E-state index in [1.807, 2.05) is 30.3 Å². The lowest BCUT2D eigenvalue weighted by atomic mass is 10.1. The Morgan fingerprint density at radius 3 is 2.41 bits per heavy atom. The van der Waals surface area contributed by atoms with Crippen molar-refractivity contribution in [3.05, 3.63) is 48.6 Å². The van der Waals surface area contributed by atoms with Gasteiger partial charge < -0.3 is 10.6 Å². The van der Waals surface area contributed by atoms with Crippen LogP contribution >= 0.6 is 0 Å². The van der Waals surface area contributed by atoms with E-state index >= 15 is 0 Å². The predicted octanol–water partition coefficient (Wildman–Crippen LogP) is 0.647. The van der Waals surface area contributed by atoms with Gasteiger partial charge in [-0.3, -0.25) is 9.59 Å². The van der Waals surface area contributed by atoms with E-state index in [1.165, 1.54) is 6.08 Å². The topological polar surface area (TPSA) is 58.2 Å². The molecule has 0 aromatic heterocycles. The molecule has 4 heteroatoms. The van der Waals surface area contributed by atoms with Crippen LogP contribution in [0.3, 0.4) is 0 Å². The summed E-state index contributed by atoms with van der Waals surface area (Å²) in [6.45, 7) is 4.19. The summed E-state index contributed by atoms with van der Waals surface area (Å²) in [4.78, 5) is 22.5. The highest BCUT2D eigenvalue weighted by molar-refractivity contribution is 6.35. The van der Waals surface area contributed by atoms with Gasteiger partial charge in [0.05, 0.1) is 0 Å². The lowest BCUT2D eigenvalue weighted by Crippen LogP contribution is -2.40. The molecule has 0 fully saturated rings. The average Bonchev–Trinajstić information content (AvgIpc) is 2.37. The summed E-state index contributed by atoms with van der Waals surface area (Å²) in [5, 5.41) is 4.97. The Bertz CT molecular complexity index is 388. The highest BCUT2D eigenvalue weighted by atomic mass is 16.2. The molecule has 2 amide bonds. The van der Waals surface area contributed by atoms with Gasteiger partial charge in [-0.1, -0.05) is 36.4 Å². The van der Waals surface area contributed by atoms with Crippen molar-refractivity contribution in [1.82, 2.24) is 10.6 Å². The molecule has 0 radical (unpaired) electrons. The zero-order valence-corrected chi connectivity index (χ0v) is 9.61. The van der Waals surface area contributed by atoms with Gasteiger partial charge in [-0.2, -0.15) is 0 Å². The Balaban J connectivity index is 2.24. The van der Waals surface area contributed by atoms with Crippen molar-refractivity contribution in [2.75, 3.05) is 13.1 Å². The molecule has 0 saturated heterocycles. The molecule has 0 heterocycles. The molecule has 1 rings (SSSR count). The number of hydrogen-bond donors (Lipinski definition) is 2. The Labute approximate surface area is 101 Å². The van der Waals surface area contributed by atoms with E-state index < -0.39 is 11.8 Å². The summed E-state index contributed by atoms with van der Waals surface area (Å²) in [5.41, 5.74) is 1.12. The molecule has 4 nitrogen and oxygen atoms in total. The van der Waals surface area contributed by atoms with Crippen LogP contribution in [-0.2, 0) is 16.0 Å². The number of carbonyl (C=O) groups is 2. The Hall–Kier alpha value is -2.10. The van der Waals surface area contributed by atoms with Gasteiger partial charge in [-0.25, -0.2) is 0 Å². The van der Waals surface area contributed by atoms with E-state index in [1.54, 1.807) is 0 Å². The van der Waals surface area contributed by atoms with Gasteiger partial charge in [-0.15, -0.1) is 6.58 Å². The van der Waals surface area contributed by atoms with Gasteiger partial charge >= 0.3 is 11.8 Å². The summed E-state index contributed by atoms with van der Waals surface area (Å²) in [5.74, 6) is -1.24. The molecule has 0 saturated carbocycles. The summed E-state index contributed by atoms with van der Waals surface area (Å²) >= 11 is 0. The fraction of sp³-hybridized carbons (Fsp3) is 0.231. The zero-order chi connectivity index (χ0) is 12.5. The molecule has 0 unspecified atom stereocenters. The largest absolute Gasteiger partial charge is 0.348 e. The van der Waals surface area contributed by atoms with Crippen LogP contribution in [0.1, 0.15) is 5.56 Å². The van der Waals surface area contributed by atoms with E-state index in [-0.39, 0.29) is 0 Å². The third kappa shape index (κ3) is 4.97. The second-order valence-electron chi connectivity index (χ2n) is 3.49. The van der Waals surface area contributed by atoms with Crippen LogP contribution in [0.15, 0.2) is 43.0 Å². The molecular formula is C13H16N2O2. The zero-order valence-electron chi connectivity index (χ0n) is 9.61. The highest BCUT2D eigenvalue weighted by Crippen LogP contribution is 1.97. The van der Waals surface area contributed by atoms with Gasteiger partial charge in [0, 0.05) is 13.1 Å². The molecule has 0 bridgehead atoms. The Morgan fingerprint density at radius 1 is 1.12 bits per heavy atom. The fourth-order valence-corrected chi connectivity index (χ4v) is 1.29. The van der Waals surface area contributed by atoms with E-state index in [0.29, 0.717) is 19.5 Å². The molecule has 17 heavy (non-hydrogen) atoms. The smallest absolute Gasteiger partial charge is 0.309 e. The van der Waals surface area contributed by atoms with Crippen LogP contribution in [0, 0.1) is 0 Å². The van der Waals surface area contributed by atoms with Crippen molar-refractivity contribution >= 4 is 11.8 Å². The fourth-order valence-electron chi connectivity index (χ4n) is 1.29. The van der Waals surface area contributed by atoms with Gasteiger partial charge in [0.15, 0.2) is 0 Å². The maximum Gasteiger partial charge on any atom is 0.309 e. The number of nitrogens with one attached hydrogen (secondary N) is 2. The number of carbonyl (C=O) groups excluding carboxylic acids is 2. The maximum atomic E-state index is 11.3. The van der Waals surface area contributed by atoms with E-state index in [9.17, 15) is 9.59 Å². The third-order valence-corrected chi connectivity index (χ3v) is 2.16. The first-order valence-electron chi connectivity index (χ1n) is 5.45. The molecule has 1 aromatic carbocycles. The van der Waals surface area contributed by atoms with E-state index in [4.69, 9.17) is 0 Å². The molecule has 2 N–H and O–H groups in total. The van der Waals surface area contributed by atoms with Crippen LogP contribution in [0.25, 0.3) is 0 Å². The summed E-state index contributed by atoms with van der Waals surface area (Å²) in [6, 6.07) is 9.76. The summed E-state index contributed by atoms with van der Waals surface area (Å²) < 4.78 is 0.